The lowest BCUT2D eigenvalue weighted by molar-refractivity contribution is -0.117. The molecule has 2 aromatic rings. The van der Waals surface area contributed by atoms with Gasteiger partial charge in [0.1, 0.15) is 0 Å². The summed E-state index contributed by atoms with van der Waals surface area (Å²) in [6.07, 6.45) is 0.0516. The van der Waals surface area contributed by atoms with Crippen LogP contribution in [-0.2, 0) is 4.79 Å². The summed E-state index contributed by atoms with van der Waals surface area (Å²) in [7, 11) is 0. The van der Waals surface area contributed by atoms with E-state index in [2.05, 4.69) is 16.8 Å². The van der Waals surface area contributed by atoms with Gasteiger partial charge in [-0.15, -0.1) is 0 Å². The number of nitrogens with zero attached hydrogens (tertiary/aromatic N) is 1. The van der Waals surface area contributed by atoms with E-state index in [1.54, 1.807) is 0 Å². The minimum Gasteiger partial charge on any atom is -0.375 e. The van der Waals surface area contributed by atoms with Crippen LogP contribution in [0, 0.1) is 11.8 Å². The van der Waals surface area contributed by atoms with Crippen molar-refractivity contribution in [2.24, 2.45) is 5.73 Å². The monoisotopic (exact) mass is 231 g/mol. The Morgan fingerprint density at radius 3 is 3.06 bits per heavy atom. The van der Waals surface area contributed by atoms with Crippen molar-refractivity contribution in [2.75, 3.05) is 5.73 Å². The number of rotatable bonds is 1. The third-order valence-corrected chi connectivity index (χ3v) is 2.77. The summed E-state index contributed by atoms with van der Waals surface area (Å²) in [6.45, 7) is 0. The van der Waals surface area contributed by atoms with Crippen molar-refractivity contribution in [2.45, 2.75) is 6.42 Å². The first-order valence-electron chi connectivity index (χ1n) is 4.59. The Morgan fingerprint density at radius 1 is 1.50 bits per heavy atom. The number of anilines is 1. The van der Waals surface area contributed by atoms with E-state index in [0.29, 0.717) is 5.13 Å². The van der Waals surface area contributed by atoms with Gasteiger partial charge in [-0.05, 0) is 12.1 Å². The average molecular weight is 231 g/mol. The highest BCUT2D eigenvalue weighted by atomic mass is 32.1. The van der Waals surface area contributed by atoms with Gasteiger partial charge in [-0.1, -0.05) is 29.2 Å². The first kappa shape index (κ1) is 10.5. The fourth-order valence-electron chi connectivity index (χ4n) is 1.29. The molecule has 0 saturated carbocycles. The van der Waals surface area contributed by atoms with Crippen LogP contribution in [-0.4, -0.2) is 10.9 Å². The lowest BCUT2D eigenvalue weighted by Gasteiger charge is -1.91. The molecule has 4 nitrogen and oxygen atoms in total. The standard InChI is InChI=1S/C11H9N3OS/c12-9(15)6-2-4-7-3-1-5-8-10(7)14-11(13)16-8/h1,3,5H,6H2,(H2,12,15)(H2,13,14). The minimum atomic E-state index is -0.433. The van der Waals surface area contributed by atoms with Gasteiger partial charge in [-0.2, -0.15) is 0 Å². The molecule has 1 aromatic heterocycles. The molecular formula is C11H9N3OS. The molecule has 0 aliphatic rings. The summed E-state index contributed by atoms with van der Waals surface area (Å²) < 4.78 is 0.989. The highest BCUT2D eigenvalue weighted by Gasteiger charge is 2.03. The number of nitrogen functional groups attached to an aromatic ring is 1. The maximum Gasteiger partial charge on any atom is 0.229 e. The lowest BCUT2D eigenvalue weighted by Crippen LogP contribution is -2.08. The topological polar surface area (TPSA) is 82.0 Å². The molecule has 1 amide bonds. The number of nitrogens with two attached hydrogens (primary N) is 2. The molecule has 1 aromatic carbocycles. The van der Waals surface area contributed by atoms with E-state index in [0.717, 1.165) is 15.8 Å². The molecule has 0 atom stereocenters. The van der Waals surface area contributed by atoms with Crippen LogP contribution >= 0.6 is 11.3 Å². The fraction of sp³-hybridized carbons (Fsp3) is 0.0909. The number of benzene rings is 1. The van der Waals surface area contributed by atoms with Crippen LogP contribution in [0.4, 0.5) is 5.13 Å². The lowest BCUT2D eigenvalue weighted by atomic mass is 10.2. The zero-order valence-electron chi connectivity index (χ0n) is 8.36. The SMILES string of the molecule is NC(=O)CC#Cc1cccc2sc(N)nc12. The van der Waals surface area contributed by atoms with Gasteiger partial charge in [0.05, 0.1) is 22.2 Å². The van der Waals surface area contributed by atoms with Crippen LogP contribution in [0.25, 0.3) is 10.2 Å². The molecule has 80 valence electrons. The molecule has 0 fully saturated rings. The Kier molecular flexibility index (Phi) is 2.75. The molecule has 16 heavy (non-hydrogen) atoms. The Bertz CT molecular complexity index is 606. The summed E-state index contributed by atoms with van der Waals surface area (Å²) in [4.78, 5) is 14.7. The molecule has 5 heteroatoms. The van der Waals surface area contributed by atoms with Crippen molar-refractivity contribution in [1.82, 2.24) is 4.98 Å². The van der Waals surface area contributed by atoms with Crippen molar-refractivity contribution in [3.63, 3.8) is 0 Å². The molecule has 0 unspecified atom stereocenters. The minimum absolute atomic E-state index is 0.0516. The van der Waals surface area contributed by atoms with E-state index >= 15 is 0 Å². The summed E-state index contributed by atoms with van der Waals surface area (Å²) in [5.41, 5.74) is 12.2. The number of fused-ring (bicyclic) bond motifs is 1. The number of aromatic nitrogens is 1. The van der Waals surface area contributed by atoms with Gasteiger partial charge >= 0.3 is 0 Å². The van der Waals surface area contributed by atoms with E-state index < -0.39 is 5.91 Å². The van der Waals surface area contributed by atoms with Gasteiger partial charge in [0.25, 0.3) is 0 Å². The smallest absolute Gasteiger partial charge is 0.229 e. The van der Waals surface area contributed by atoms with Crippen molar-refractivity contribution in [3.8, 4) is 11.8 Å². The van der Waals surface area contributed by atoms with Crippen LogP contribution in [0.3, 0.4) is 0 Å². The highest BCUT2D eigenvalue weighted by Crippen LogP contribution is 2.25. The first-order chi connectivity index (χ1) is 7.66. The second-order valence-electron chi connectivity index (χ2n) is 3.15. The Hall–Kier alpha value is -2.06. The number of primary amides is 1. The maximum absolute atomic E-state index is 10.5. The predicted molar refractivity (Wildman–Crippen MR) is 64.7 cm³/mol. The average Bonchev–Trinajstić information content (AvgIpc) is 2.58. The second kappa shape index (κ2) is 4.21. The fourth-order valence-corrected chi connectivity index (χ4v) is 2.05. The van der Waals surface area contributed by atoms with E-state index in [1.807, 2.05) is 18.2 Å². The largest absolute Gasteiger partial charge is 0.375 e. The molecular weight excluding hydrogens is 222 g/mol. The number of carbonyl (C=O) groups is 1. The van der Waals surface area contributed by atoms with E-state index in [-0.39, 0.29) is 6.42 Å². The third-order valence-electron chi connectivity index (χ3n) is 1.92. The number of para-hydroxylation sites is 1. The van der Waals surface area contributed by atoms with Crippen molar-refractivity contribution in [1.29, 1.82) is 0 Å². The highest BCUT2D eigenvalue weighted by molar-refractivity contribution is 7.22. The van der Waals surface area contributed by atoms with Crippen LogP contribution < -0.4 is 11.5 Å². The van der Waals surface area contributed by atoms with Crippen LogP contribution in [0.5, 0.6) is 0 Å². The van der Waals surface area contributed by atoms with Gasteiger partial charge in [0.2, 0.25) is 5.91 Å². The summed E-state index contributed by atoms with van der Waals surface area (Å²) in [5, 5.41) is 0.513. The summed E-state index contributed by atoms with van der Waals surface area (Å²) >= 11 is 1.41. The molecule has 0 spiro atoms. The number of amides is 1. The predicted octanol–water partition coefficient (Wildman–Crippen LogP) is 1.11. The van der Waals surface area contributed by atoms with Gasteiger partial charge in [-0.25, -0.2) is 4.98 Å². The summed E-state index contributed by atoms with van der Waals surface area (Å²) in [6, 6.07) is 5.66. The van der Waals surface area contributed by atoms with Gasteiger partial charge in [-0.3, -0.25) is 4.79 Å². The molecule has 0 aliphatic heterocycles. The number of hydrogen-bond donors (Lipinski definition) is 2. The Labute approximate surface area is 96.3 Å². The van der Waals surface area contributed by atoms with E-state index in [4.69, 9.17) is 11.5 Å². The molecule has 4 N–H and O–H groups in total. The Morgan fingerprint density at radius 2 is 2.31 bits per heavy atom. The molecule has 0 saturated heterocycles. The molecule has 0 aliphatic carbocycles. The number of hydrogen-bond acceptors (Lipinski definition) is 4. The zero-order valence-corrected chi connectivity index (χ0v) is 9.17. The zero-order chi connectivity index (χ0) is 11.5. The number of carbonyl (C=O) groups excluding carboxylic acids is 1. The van der Waals surface area contributed by atoms with Crippen molar-refractivity contribution < 1.29 is 4.79 Å². The number of thiazole rings is 1. The summed E-state index contributed by atoms with van der Waals surface area (Å²) in [5.74, 6) is 5.14. The van der Waals surface area contributed by atoms with Crippen molar-refractivity contribution >= 4 is 32.6 Å². The van der Waals surface area contributed by atoms with Crippen LogP contribution in [0.1, 0.15) is 12.0 Å². The third kappa shape index (κ3) is 2.12. The van der Waals surface area contributed by atoms with E-state index in [1.165, 1.54) is 11.3 Å². The molecule has 0 radical (unpaired) electrons. The maximum atomic E-state index is 10.5. The quantitative estimate of drug-likeness (QED) is 0.721. The molecule has 1 heterocycles. The van der Waals surface area contributed by atoms with E-state index in [9.17, 15) is 4.79 Å². The van der Waals surface area contributed by atoms with Crippen LogP contribution in [0.2, 0.25) is 0 Å². The van der Waals surface area contributed by atoms with Gasteiger partial charge in [0.15, 0.2) is 5.13 Å². The van der Waals surface area contributed by atoms with Crippen molar-refractivity contribution in [3.05, 3.63) is 23.8 Å². The van der Waals surface area contributed by atoms with Gasteiger partial charge < -0.3 is 11.5 Å². The Balaban J connectivity index is 2.43. The normalized spacial score (nSPS) is 9.75. The molecule has 0 bridgehead atoms. The van der Waals surface area contributed by atoms with Crippen LogP contribution in [0.15, 0.2) is 18.2 Å². The first-order valence-corrected chi connectivity index (χ1v) is 5.40. The van der Waals surface area contributed by atoms with Gasteiger partial charge in [0, 0.05) is 0 Å². The molecule has 2 rings (SSSR count). The second-order valence-corrected chi connectivity index (χ2v) is 4.21.